The largest absolute Gasteiger partial charge is 0.507 e. The number of amides is 2. The van der Waals surface area contributed by atoms with Crippen molar-refractivity contribution in [3.05, 3.63) is 63.4 Å². The van der Waals surface area contributed by atoms with Gasteiger partial charge in [-0.05, 0) is 44.0 Å². The Morgan fingerprint density at radius 3 is 2.53 bits per heavy atom. The molecule has 2 saturated heterocycles. The van der Waals surface area contributed by atoms with Crippen molar-refractivity contribution in [2.75, 3.05) is 26.8 Å². The van der Waals surface area contributed by atoms with Crippen molar-refractivity contribution in [2.24, 2.45) is 0 Å². The summed E-state index contributed by atoms with van der Waals surface area (Å²) < 4.78 is 10.4. The topological polar surface area (TPSA) is 109 Å². The zero-order chi connectivity index (χ0) is 26.0. The molecule has 2 aliphatic rings. The third-order valence-electron chi connectivity index (χ3n) is 6.30. The Morgan fingerprint density at radius 2 is 1.92 bits per heavy atom. The van der Waals surface area contributed by atoms with Crippen LogP contribution in [-0.4, -0.2) is 70.5 Å². The van der Waals surface area contributed by atoms with E-state index in [9.17, 15) is 19.5 Å². The molecule has 1 N–H and O–H groups in total. The first-order valence-corrected chi connectivity index (χ1v) is 12.2. The minimum atomic E-state index is -0.951. The van der Waals surface area contributed by atoms with Crippen LogP contribution in [0.2, 0.25) is 10.0 Å². The van der Waals surface area contributed by atoms with Crippen LogP contribution in [0.3, 0.4) is 0 Å². The lowest BCUT2D eigenvalue weighted by Gasteiger charge is -2.38. The fourth-order valence-electron chi connectivity index (χ4n) is 4.68. The number of nitrogens with zero attached hydrogens (tertiary/aromatic N) is 3. The van der Waals surface area contributed by atoms with Gasteiger partial charge in [-0.2, -0.15) is 0 Å². The van der Waals surface area contributed by atoms with Crippen molar-refractivity contribution < 1.29 is 29.0 Å². The van der Waals surface area contributed by atoms with Gasteiger partial charge in [0.25, 0.3) is 11.7 Å². The molecule has 2 amide bonds. The molecule has 2 fully saturated rings. The van der Waals surface area contributed by atoms with Crippen LogP contribution in [0, 0.1) is 0 Å². The zero-order valence-corrected chi connectivity index (χ0v) is 21.3. The number of benzene rings is 1. The van der Waals surface area contributed by atoms with Crippen molar-refractivity contribution >= 4 is 46.7 Å². The number of carbonyl (C=O) groups excluding carboxylic acids is 3. The lowest BCUT2D eigenvalue weighted by molar-refractivity contribution is -0.142. The number of ether oxygens (including phenoxy) is 2. The van der Waals surface area contributed by atoms with Crippen molar-refractivity contribution in [1.82, 2.24) is 14.8 Å². The monoisotopic (exact) mass is 533 g/mol. The molecule has 2 aromatic rings. The molecule has 0 spiro atoms. The summed E-state index contributed by atoms with van der Waals surface area (Å²) in [5.41, 5.74) is 0.368. The van der Waals surface area contributed by atoms with Crippen LogP contribution in [0.25, 0.3) is 5.76 Å². The van der Waals surface area contributed by atoms with Crippen LogP contribution in [0.1, 0.15) is 37.1 Å². The number of aromatic nitrogens is 1. The second-order valence-corrected chi connectivity index (χ2v) is 9.19. The lowest BCUT2D eigenvalue weighted by atomic mass is 9.96. The minimum Gasteiger partial charge on any atom is -0.507 e. The van der Waals surface area contributed by atoms with Crippen LogP contribution in [-0.2, 0) is 14.3 Å². The molecule has 0 saturated carbocycles. The number of piperidine rings is 1. The maximum absolute atomic E-state index is 13.4. The molecule has 0 aliphatic carbocycles. The van der Waals surface area contributed by atoms with Gasteiger partial charge in [-0.15, -0.1) is 0 Å². The van der Waals surface area contributed by atoms with E-state index in [1.807, 2.05) is 0 Å². The molecule has 1 aromatic carbocycles. The third kappa shape index (κ3) is 4.73. The molecule has 1 aromatic heterocycles. The van der Waals surface area contributed by atoms with Gasteiger partial charge < -0.3 is 24.4 Å². The van der Waals surface area contributed by atoms with Crippen molar-refractivity contribution in [2.45, 2.75) is 31.8 Å². The Labute approximate surface area is 218 Å². The molecule has 0 radical (unpaired) electrons. The summed E-state index contributed by atoms with van der Waals surface area (Å²) in [6.45, 7) is 2.72. The van der Waals surface area contributed by atoms with Gasteiger partial charge >= 0.3 is 6.09 Å². The van der Waals surface area contributed by atoms with Gasteiger partial charge in [0.15, 0.2) is 0 Å². The van der Waals surface area contributed by atoms with Crippen LogP contribution in [0.5, 0.6) is 5.75 Å². The first-order valence-electron chi connectivity index (χ1n) is 11.4. The molecule has 0 bridgehead atoms. The van der Waals surface area contributed by atoms with Crippen molar-refractivity contribution in [3.8, 4) is 5.75 Å². The van der Waals surface area contributed by atoms with E-state index in [0.29, 0.717) is 31.6 Å². The van der Waals surface area contributed by atoms with Crippen molar-refractivity contribution in [3.63, 3.8) is 0 Å². The Hall–Kier alpha value is -3.30. The summed E-state index contributed by atoms with van der Waals surface area (Å²) in [6.07, 6.45) is 2.00. The minimum absolute atomic E-state index is 0.0889. The molecule has 11 heteroatoms. The number of likely N-dealkylation sites (tertiary alicyclic amines) is 2. The van der Waals surface area contributed by atoms with E-state index in [1.54, 1.807) is 36.2 Å². The number of pyridine rings is 1. The molecule has 36 heavy (non-hydrogen) atoms. The molecular weight excluding hydrogens is 509 g/mol. The predicted molar refractivity (Wildman–Crippen MR) is 133 cm³/mol. The summed E-state index contributed by atoms with van der Waals surface area (Å²) in [5.74, 6) is -1.95. The normalized spacial score (nSPS) is 20.1. The number of hydrogen-bond acceptors (Lipinski definition) is 7. The quantitative estimate of drug-likeness (QED) is 0.343. The summed E-state index contributed by atoms with van der Waals surface area (Å²) in [6, 6.07) is 6.69. The number of methoxy groups -OCH3 is 1. The molecule has 1 atom stereocenters. The summed E-state index contributed by atoms with van der Waals surface area (Å²) >= 11 is 12.4. The number of rotatable bonds is 5. The third-order valence-corrected chi connectivity index (χ3v) is 6.80. The van der Waals surface area contributed by atoms with E-state index in [2.05, 4.69) is 4.98 Å². The molecule has 9 nitrogen and oxygen atoms in total. The highest BCUT2D eigenvalue weighted by atomic mass is 35.5. The summed E-state index contributed by atoms with van der Waals surface area (Å²) in [5, 5.41) is 11.7. The average molecular weight is 534 g/mol. The van der Waals surface area contributed by atoms with Crippen LogP contribution >= 0.6 is 23.2 Å². The Balaban J connectivity index is 1.79. The molecule has 1 unspecified atom stereocenters. The Kier molecular flexibility index (Phi) is 7.70. The molecule has 4 rings (SSSR count). The van der Waals surface area contributed by atoms with Gasteiger partial charge in [-0.3, -0.25) is 14.6 Å². The summed E-state index contributed by atoms with van der Waals surface area (Å²) in [4.78, 5) is 46.3. The van der Waals surface area contributed by atoms with E-state index in [1.165, 1.54) is 24.1 Å². The first-order chi connectivity index (χ1) is 17.3. The van der Waals surface area contributed by atoms with Gasteiger partial charge in [-0.1, -0.05) is 29.3 Å². The fourth-order valence-corrected chi connectivity index (χ4v) is 5.26. The Morgan fingerprint density at radius 1 is 1.19 bits per heavy atom. The number of Topliss-reactive ketones (excluding diaryl/α,β-unsaturated/α-hetero) is 1. The fraction of sp³-hybridized carbons (Fsp3) is 0.360. The smallest absolute Gasteiger partial charge is 0.409 e. The zero-order valence-electron chi connectivity index (χ0n) is 19.7. The van der Waals surface area contributed by atoms with Crippen molar-refractivity contribution in [1.29, 1.82) is 0 Å². The number of ketones is 1. The molecule has 190 valence electrons. The Bertz CT molecular complexity index is 1210. The summed E-state index contributed by atoms with van der Waals surface area (Å²) in [7, 11) is 1.37. The second kappa shape index (κ2) is 10.8. The first kappa shape index (κ1) is 25.8. The maximum Gasteiger partial charge on any atom is 0.409 e. The van der Waals surface area contributed by atoms with Gasteiger partial charge in [0.2, 0.25) is 0 Å². The number of aliphatic hydroxyl groups excluding tert-OH is 1. The molecular formula is C25H25Cl2N3O6. The average Bonchev–Trinajstić information content (AvgIpc) is 3.14. The predicted octanol–water partition coefficient (Wildman–Crippen LogP) is 4.44. The molecule has 2 aliphatic heterocycles. The van der Waals surface area contributed by atoms with Crippen LogP contribution in [0.15, 0.2) is 42.1 Å². The second-order valence-electron chi connectivity index (χ2n) is 8.35. The van der Waals surface area contributed by atoms with Crippen LogP contribution < -0.4 is 4.74 Å². The highest BCUT2D eigenvalue weighted by molar-refractivity contribution is 6.47. The van der Waals surface area contributed by atoms with E-state index in [0.717, 1.165) is 0 Å². The molecule has 3 heterocycles. The number of carbonyl (C=O) groups is 3. The number of halogens is 2. The van der Waals surface area contributed by atoms with E-state index in [-0.39, 0.29) is 39.6 Å². The van der Waals surface area contributed by atoms with E-state index in [4.69, 9.17) is 32.7 Å². The SMILES string of the molecule is CCOC(=O)N1CCC(N2C(=O)C(=O)/C(=C(/O)c3cc(Cl)cc(Cl)c3OC)C2c2ccccn2)CC1. The maximum atomic E-state index is 13.4. The van der Waals surface area contributed by atoms with Gasteiger partial charge in [0.1, 0.15) is 17.6 Å². The van der Waals surface area contributed by atoms with E-state index >= 15 is 0 Å². The highest BCUT2D eigenvalue weighted by Crippen LogP contribution is 2.44. The van der Waals surface area contributed by atoms with E-state index < -0.39 is 29.6 Å². The van der Waals surface area contributed by atoms with Gasteiger partial charge in [-0.25, -0.2) is 4.79 Å². The lowest BCUT2D eigenvalue weighted by Crippen LogP contribution is -2.48. The standard InChI is InChI=1S/C25H25Cl2N3O6/c1-3-36-25(34)29-10-7-15(8-11-29)30-20(18-6-4-5-9-28-18)19(22(32)24(30)33)21(31)16-12-14(26)13-17(27)23(16)35-2/h4-6,9,12-13,15,20,31H,3,7-8,10-11H2,1-2H3/b21-19+. The van der Waals surface area contributed by atoms with Crippen LogP contribution in [0.4, 0.5) is 4.79 Å². The number of aliphatic hydroxyl groups is 1. The number of hydrogen-bond donors (Lipinski definition) is 1. The van der Waals surface area contributed by atoms with Gasteiger partial charge in [0.05, 0.1) is 35.6 Å². The van der Waals surface area contributed by atoms with Gasteiger partial charge in [0, 0.05) is 30.4 Å². The highest BCUT2D eigenvalue weighted by Gasteiger charge is 2.50.